The number of nitrogens with one attached hydrogen (secondary N) is 5. The summed E-state index contributed by atoms with van der Waals surface area (Å²) in [4.78, 5) is 172. The van der Waals surface area contributed by atoms with Crippen LogP contribution in [0.4, 0.5) is 0 Å². The van der Waals surface area contributed by atoms with Crippen LogP contribution in [-0.4, -0.2) is 232 Å². The summed E-state index contributed by atoms with van der Waals surface area (Å²) >= 11 is 0. The van der Waals surface area contributed by atoms with E-state index in [1.807, 2.05) is 79.7 Å². The Morgan fingerprint density at radius 2 is 0.944 bits per heavy atom. The SMILES string of the molecule is CC[C@@H]1NC(=O)[C@H]([C@H](O)[C@H](C)C/C=C/c2ccc[nH]2)N(C)C(=O)[C@H](C(C)C)N(C)C(=O)[C@H](CC(C)C)N(C)C(=O)[C@H](CC(C)C)N(C)C(=O)[C@@H](C)NC(=O)[C@H](C)NC(=O)[C@H](CC(C)C)N(C)C(=O)[C@H](C(C)C)NC(=O)[C@H](CC(C)C)N(C)C(=O)CN(C)C1=O. The number of hydrogen-bond acceptors (Lipinski definition) is 12. The molecule has 11 amide bonds. The first-order chi connectivity index (χ1) is 41.2. The van der Waals surface area contributed by atoms with Crippen molar-refractivity contribution in [3.05, 3.63) is 30.1 Å². The van der Waals surface area contributed by atoms with E-state index >= 15 is 14.4 Å². The largest absolute Gasteiger partial charge is 0.390 e. The Morgan fingerprint density at radius 3 is 1.42 bits per heavy atom. The number of allylic oxidation sites excluding steroid dienone is 1. The molecule has 24 nitrogen and oxygen atoms in total. The first kappa shape index (κ1) is 78.2. The third-order valence-electron chi connectivity index (χ3n) is 16.8. The van der Waals surface area contributed by atoms with E-state index < -0.39 is 156 Å². The van der Waals surface area contributed by atoms with E-state index in [2.05, 4.69) is 26.3 Å². The molecular formula is C65H112N12O12. The number of aliphatic hydroxyl groups is 1. The third-order valence-corrected chi connectivity index (χ3v) is 16.8. The van der Waals surface area contributed by atoms with Gasteiger partial charge in [0.05, 0.1) is 12.6 Å². The summed E-state index contributed by atoms with van der Waals surface area (Å²) in [6, 6.07) is -8.79. The second kappa shape index (κ2) is 35.5. The normalized spacial score (nSPS) is 26.2. The lowest BCUT2D eigenvalue weighted by molar-refractivity contribution is -0.157. The van der Waals surface area contributed by atoms with Gasteiger partial charge in [-0.05, 0) is 112 Å². The highest BCUT2D eigenvalue weighted by atomic mass is 16.3. The minimum absolute atomic E-state index is 0.00929. The lowest BCUT2D eigenvalue weighted by Crippen LogP contribution is -2.63. The smallest absolute Gasteiger partial charge is 0.246 e. The Balaban J connectivity index is 2.98. The van der Waals surface area contributed by atoms with Gasteiger partial charge in [-0.2, -0.15) is 0 Å². The third kappa shape index (κ3) is 22.0. The summed E-state index contributed by atoms with van der Waals surface area (Å²) in [6.45, 7) is 27.5. The molecule has 0 saturated carbocycles. The molecule has 6 N–H and O–H groups in total. The molecule has 12 atom stereocenters. The first-order valence-corrected chi connectivity index (χ1v) is 31.8. The Hall–Kier alpha value is -6.85. The lowest BCUT2D eigenvalue weighted by atomic mass is 9.91. The topological polar surface area (TPSA) is 295 Å². The van der Waals surface area contributed by atoms with Crippen LogP contribution in [0.3, 0.4) is 0 Å². The molecule has 0 aromatic carbocycles. The van der Waals surface area contributed by atoms with Crippen LogP contribution in [-0.2, 0) is 52.7 Å². The molecule has 0 bridgehead atoms. The molecule has 504 valence electrons. The van der Waals surface area contributed by atoms with Crippen molar-refractivity contribution in [2.45, 2.75) is 216 Å². The van der Waals surface area contributed by atoms with Crippen molar-refractivity contribution in [3.63, 3.8) is 0 Å². The number of H-pyrrole nitrogens is 1. The van der Waals surface area contributed by atoms with Crippen LogP contribution in [0.15, 0.2) is 24.4 Å². The van der Waals surface area contributed by atoms with Crippen molar-refractivity contribution >= 4 is 71.1 Å². The van der Waals surface area contributed by atoms with Gasteiger partial charge in [-0.3, -0.25) is 52.7 Å². The zero-order chi connectivity index (χ0) is 68.4. The summed E-state index contributed by atoms with van der Waals surface area (Å²) in [5.74, 6) is -9.90. The van der Waals surface area contributed by atoms with E-state index in [-0.39, 0.29) is 62.2 Å². The molecule has 2 rings (SSSR count). The van der Waals surface area contributed by atoms with Gasteiger partial charge in [0.15, 0.2) is 0 Å². The highest BCUT2D eigenvalue weighted by Crippen LogP contribution is 2.26. The molecular weight excluding hydrogens is 1140 g/mol. The van der Waals surface area contributed by atoms with Crippen molar-refractivity contribution in [2.24, 2.45) is 41.4 Å². The fourth-order valence-corrected chi connectivity index (χ4v) is 11.2. The summed E-state index contributed by atoms with van der Waals surface area (Å²) in [5, 5.41) is 23.3. The molecule has 0 unspecified atom stereocenters. The standard InChI is InChI=1S/C65H112N12O12/c1-24-46-61(85)71(17)35-51(78)72(18)47(31-36(2)3)58(82)70-52(40(10)11)64(88)73(19)48(32-37(4)5)57(81)67-43(15)56(80)68-44(16)60(84)74(20)49(33-38(6)7)62(86)75(21)50(34-39(8)9)63(87)76(22)53(41(12)13)65(89)77(23)54(59(83)69-46)55(79)42(14)27-25-28-45-29-26-30-66-45/h25-26,28-30,36-44,46-50,52-55,66,79H,24,27,31-35H2,1-23H3,(H,67,81)(H,68,80)(H,69,83)(H,70,82)/b28-25+/t42-,43+,44-,46+,47+,48+,49+,50+,52+,53+,54+,55-/m1/s1. The van der Waals surface area contributed by atoms with Gasteiger partial charge in [-0.15, -0.1) is 0 Å². The zero-order valence-corrected chi connectivity index (χ0v) is 57.8. The number of nitrogens with zero attached hydrogens (tertiary/aromatic N) is 7. The van der Waals surface area contributed by atoms with Crippen LogP contribution < -0.4 is 21.3 Å². The molecule has 1 saturated heterocycles. The molecule has 1 aliphatic rings. The van der Waals surface area contributed by atoms with Crippen molar-refractivity contribution in [1.29, 1.82) is 0 Å². The molecule has 1 aromatic heterocycles. The Bertz CT molecular complexity index is 2590. The van der Waals surface area contributed by atoms with Gasteiger partial charge < -0.3 is 65.7 Å². The molecule has 89 heavy (non-hydrogen) atoms. The minimum atomic E-state index is -1.65. The molecule has 0 aliphatic carbocycles. The quantitative estimate of drug-likeness (QED) is 0.138. The first-order valence-electron chi connectivity index (χ1n) is 31.8. The number of rotatable bonds is 16. The number of carbonyl (C=O) groups is 11. The van der Waals surface area contributed by atoms with Gasteiger partial charge in [0.2, 0.25) is 65.0 Å². The fourth-order valence-electron chi connectivity index (χ4n) is 11.2. The molecule has 1 aliphatic heterocycles. The molecule has 0 spiro atoms. The number of aromatic nitrogens is 1. The van der Waals surface area contributed by atoms with E-state index in [1.165, 1.54) is 87.7 Å². The Kier molecular flexibility index (Phi) is 31.2. The molecule has 24 heteroatoms. The van der Waals surface area contributed by atoms with E-state index in [1.54, 1.807) is 47.7 Å². The fraction of sp³-hybridized carbons (Fsp3) is 0.738. The van der Waals surface area contributed by atoms with E-state index in [0.29, 0.717) is 0 Å². The maximum absolute atomic E-state index is 15.3. The van der Waals surface area contributed by atoms with E-state index in [0.717, 1.165) is 15.5 Å². The number of aromatic amines is 1. The van der Waals surface area contributed by atoms with Gasteiger partial charge >= 0.3 is 0 Å². The number of aliphatic hydroxyl groups excluding tert-OH is 1. The monoisotopic (exact) mass is 1250 g/mol. The number of amides is 11. The van der Waals surface area contributed by atoms with E-state index in [4.69, 9.17) is 0 Å². The molecule has 1 fully saturated rings. The van der Waals surface area contributed by atoms with E-state index in [9.17, 15) is 43.5 Å². The number of hydrogen-bond donors (Lipinski definition) is 6. The van der Waals surface area contributed by atoms with Gasteiger partial charge in [0.1, 0.15) is 60.4 Å². The maximum Gasteiger partial charge on any atom is 0.246 e. The summed E-state index contributed by atoms with van der Waals surface area (Å²) < 4.78 is 0. The molecule has 2 heterocycles. The minimum Gasteiger partial charge on any atom is -0.390 e. The van der Waals surface area contributed by atoms with Crippen LogP contribution >= 0.6 is 0 Å². The highest BCUT2D eigenvalue weighted by molar-refractivity contribution is 5.99. The van der Waals surface area contributed by atoms with Gasteiger partial charge in [-0.1, -0.05) is 103 Å². The van der Waals surface area contributed by atoms with Crippen molar-refractivity contribution in [1.82, 2.24) is 60.6 Å². The predicted molar refractivity (Wildman–Crippen MR) is 343 cm³/mol. The van der Waals surface area contributed by atoms with Crippen LogP contribution in [0.1, 0.15) is 155 Å². The van der Waals surface area contributed by atoms with Crippen molar-refractivity contribution < 1.29 is 57.8 Å². The van der Waals surface area contributed by atoms with Crippen molar-refractivity contribution in [2.75, 3.05) is 55.9 Å². The van der Waals surface area contributed by atoms with Crippen molar-refractivity contribution in [3.8, 4) is 0 Å². The highest BCUT2D eigenvalue weighted by Gasteiger charge is 2.46. The maximum atomic E-state index is 15.3. The van der Waals surface area contributed by atoms with Crippen LogP contribution in [0.2, 0.25) is 0 Å². The average molecular weight is 1250 g/mol. The molecule has 1 aromatic rings. The summed E-state index contributed by atoms with van der Waals surface area (Å²) in [5.41, 5.74) is 0.792. The van der Waals surface area contributed by atoms with Gasteiger partial charge in [0, 0.05) is 61.2 Å². The number of carbonyl (C=O) groups excluding carboxylic acids is 11. The Labute approximate surface area is 530 Å². The molecule has 0 radical (unpaired) electrons. The van der Waals surface area contributed by atoms with Gasteiger partial charge in [-0.25, -0.2) is 0 Å². The second-order valence-electron chi connectivity index (χ2n) is 27.1. The van der Waals surface area contributed by atoms with Crippen LogP contribution in [0, 0.1) is 41.4 Å². The van der Waals surface area contributed by atoms with Crippen LogP contribution in [0.25, 0.3) is 6.08 Å². The second-order valence-corrected chi connectivity index (χ2v) is 27.1. The average Bonchev–Trinajstić information content (AvgIpc) is 1.28. The summed E-state index contributed by atoms with van der Waals surface area (Å²) in [6.07, 6.45) is 4.68. The zero-order valence-electron chi connectivity index (χ0n) is 57.8. The lowest BCUT2D eigenvalue weighted by Gasteiger charge is -2.41. The van der Waals surface area contributed by atoms with Gasteiger partial charge in [0.25, 0.3) is 0 Å². The Morgan fingerprint density at radius 1 is 0.494 bits per heavy atom. The number of likely N-dealkylation sites (N-methyl/N-ethyl adjacent to an activating group) is 7. The van der Waals surface area contributed by atoms with Crippen LogP contribution in [0.5, 0.6) is 0 Å². The summed E-state index contributed by atoms with van der Waals surface area (Å²) in [7, 11) is 9.91. The predicted octanol–water partition coefficient (Wildman–Crippen LogP) is 3.73.